The van der Waals surface area contributed by atoms with Gasteiger partial charge in [0, 0.05) is 29.4 Å². The fraction of sp³-hybridized carbons (Fsp3) is 0.355. The van der Waals surface area contributed by atoms with E-state index in [4.69, 9.17) is 0 Å². The molecule has 0 amide bonds. The molecule has 7 heteroatoms. The first-order valence-electron chi connectivity index (χ1n) is 13.6. The van der Waals surface area contributed by atoms with Crippen LogP contribution in [-0.4, -0.2) is 39.8 Å². The monoisotopic (exact) mass is 514 g/mol. The molecule has 2 fully saturated rings. The lowest BCUT2D eigenvalue weighted by Gasteiger charge is -2.39. The Kier molecular flexibility index (Phi) is 6.94. The third kappa shape index (κ3) is 5.07. The number of hydrogen-bond donors (Lipinski definition) is 2. The Morgan fingerprint density at radius 1 is 0.868 bits per heavy atom. The van der Waals surface area contributed by atoms with Gasteiger partial charge in [0.1, 0.15) is 11.6 Å². The lowest BCUT2D eigenvalue weighted by atomic mass is 9.87. The molecule has 3 aromatic carbocycles. The van der Waals surface area contributed by atoms with Crippen molar-refractivity contribution in [1.29, 1.82) is 0 Å². The van der Waals surface area contributed by atoms with Gasteiger partial charge in [0.15, 0.2) is 5.82 Å². The van der Waals surface area contributed by atoms with Gasteiger partial charge in [-0.05, 0) is 86.5 Å². The molecule has 38 heavy (non-hydrogen) atoms. The minimum Gasteiger partial charge on any atom is -0.365 e. The van der Waals surface area contributed by atoms with Crippen molar-refractivity contribution in [1.82, 2.24) is 15.1 Å². The molecule has 0 spiro atoms. The smallest absolute Gasteiger partial charge is 0.272 e. The van der Waals surface area contributed by atoms with Crippen molar-refractivity contribution in [3.8, 4) is 0 Å². The largest absolute Gasteiger partial charge is 0.365 e. The average molecular weight is 515 g/mol. The molecule has 2 saturated heterocycles. The lowest BCUT2D eigenvalue weighted by Crippen LogP contribution is -2.47. The van der Waals surface area contributed by atoms with Gasteiger partial charge in [0.2, 0.25) is 0 Å². The summed E-state index contributed by atoms with van der Waals surface area (Å²) in [6.07, 6.45) is 6.42. The molecule has 1 aromatic heterocycles. The zero-order valence-corrected chi connectivity index (χ0v) is 21.2. The van der Waals surface area contributed by atoms with Crippen LogP contribution in [0.4, 0.5) is 14.6 Å². The maximum Gasteiger partial charge on any atom is 0.272 e. The molecule has 6 rings (SSSR count). The van der Waals surface area contributed by atoms with Crippen LogP contribution in [0.15, 0.2) is 77.6 Å². The number of nitrogens with one attached hydrogen (secondary N) is 2. The Labute approximate surface area is 220 Å². The van der Waals surface area contributed by atoms with Crippen molar-refractivity contribution in [3.63, 3.8) is 0 Å². The minimum absolute atomic E-state index is 0.104. The van der Waals surface area contributed by atoms with Crippen molar-refractivity contribution in [2.24, 2.45) is 0 Å². The minimum atomic E-state index is -0.246. The molecule has 3 heterocycles. The highest BCUT2D eigenvalue weighted by Gasteiger charge is 2.40. The summed E-state index contributed by atoms with van der Waals surface area (Å²) in [5.74, 6) is 0.363. The zero-order valence-electron chi connectivity index (χ0n) is 21.2. The van der Waals surface area contributed by atoms with E-state index >= 15 is 0 Å². The van der Waals surface area contributed by atoms with E-state index < -0.39 is 0 Å². The molecule has 196 valence electrons. The van der Waals surface area contributed by atoms with Gasteiger partial charge in [-0.15, -0.1) is 0 Å². The Hall–Kier alpha value is -3.58. The second-order valence-corrected chi connectivity index (χ2v) is 10.7. The number of piperidine rings is 1. The summed E-state index contributed by atoms with van der Waals surface area (Å²) in [7, 11) is 0. The molecule has 5 nitrogen and oxygen atoms in total. The molecule has 2 aliphatic rings. The maximum absolute atomic E-state index is 13.6. The standard InChI is InChI=1S/C31H32F2N4O/c32-22-11-7-20(8-12-22)27(21-9-13-23(33)14-10-21)6-3-17-37-25-15-16-26(37)19-24(18-25)34-30-28-4-1-2-5-29(28)31(38)36-35-30/h1-2,4-5,7-14,24-27H,3,6,15-19H2,(H,34,35)(H,36,38)/t24-,25+,26-. The average Bonchev–Trinajstić information content (AvgIpc) is 3.17. The van der Waals surface area contributed by atoms with Gasteiger partial charge in [-0.25, -0.2) is 13.9 Å². The maximum atomic E-state index is 13.6. The Bertz CT molecular complexity index is 1390. The molecule has 2 N–H and O–H groups in total. The highest BCUT2D eigenvalue weighted by molar-refractivity contribution is 5.90. The molecule has 3 atom stereocenters. The number of anilines is 1. The van der Waals surface area contributed by atoms with E-state index in [-0.39, 0.29) is 23.1 Å². The lowest BCUT2D eigenvalue weighted by molar-refractivity contribution is 0.129. The molecule has 0 saturated carbocycles. The van der Waals surface area contributed by atoms with Crippen LogP contribution >= 0.6 is 0 Å². The summed E-state index contributed by atoms with van der Waals surface area (Å²) in [5, 5.41) is 12.1. The van der Waals surface area contributed by atoms with Crippen LogP contribution in [0.3, 0.4) is 0 Å². The number of aromatic nitrogens is 2. The number of fused-ring (bicyclic) bond motifs is 3. The summed E-state index contributed by atoms with van der Waals surface area (Å²) in [6, 6.07) is 22.4. The molecule has 0 unspecified atom stereocenters. The fourth-order valence-electron chi connectivity index (χ4n) is 6.57. The number of H-pyrrole nitrogens is 1. The summed E-state index contributed by atoms with van der Waals surface area (Å²) < 4.78 is 27.2. The summed E-state index contributed by atoms with van der Waals surface area (Å²) in [4.78, 5) is 14.8. The number of aromatic amines is 1. The molecular weight excluding hydrogens is 482 g/mol. The SMILES string of the molecule is O=c1[nH]nc(N[C@H]2C[C@H]3CC[C@@H](C2)N3CCCC(c2ccc(F)cc2)c2ccc(F)cc2)c2ccccc12. The van der Waals surface area contributed by atoms with Crippen molar-refractivity contribution in [2.45, 2.75) is 62.6 Å². The van der Waals surface area contributed by atoms with Crippen molar-refractivity contribution < 1.29 is 8.78 Å². The summed E-state index contributed by atoms with van der Waals surface area (Å²) >= 11 is 0. The number of halogens is 2. The van der Waals surface area contributed by atoms with Gasteiger partial charge in [-0.1, -0.05) is 42.5 Å². The Morgan fingerprint density at radius 2 is 1.45 bits per heavy atom. The third-order valence-electron chi connectivity index (χ3n) is 8.38. The van der Waals surface area contributed by atoms with Crippen LogP contribution < -0.4 is 10.9 Å². The van der Waals surface area contributed by atoms with E-state index in [2.05, 4.69) is 20.4 Å². The third-order valence-corrected chi connectivity index (χ3v) is 8.38. The van der Waals surface area contributed by atoms with E-state index in [1.165, 1.54) is 37.1 Å². The molecule has 2 aliphatic heterocycles. The highest BCUT2D eigenvalue weighted by Crippen LogP contribution is 2.38. The number of benzene rings is 3. The van der Waals surface area contributed by atoms with E-state index in [0.717, 1.165) is 54.6 Å². The fourth-order valence-corrected chi connectivity index (χ4v) is 6.57. The predicted octanol–water partition coefficient (Wildman–Crippen LogP) is 6.22. The van der Waals surface area contributed by atoms with Gasteiger partial charge in [-0.2, -0.15) is 5.10 Å². The van der Waals surface area contributed by atoms with Gasteiger partial charge < -0.3 is 5.32 Å². The normalized spacial score (nSPS) is 21.3. The number of hydrogen-bond acceptors (Lipinski definition) is 4. The predicted molar refractivity (Wildman–Crippen MR) is 146 cm³/mol. The Balaban J connectivity index is 1.11. The first kappa shape index (κ1) is 24.7. The van der Waals surface area contributed by atoms with Crippen molar-refractivity contribution in [2.75, 3.05) is 11.9 Å². The van der Waals surface area contributed by atoms with Crippen LogP contribution in [0.1, 0.15) is 55.6 Å². The second kappa shape index (κ2) is 10.7. The van der Waals surface area contributed by atoms with Gasteiger partial charge in [-0.3, -0.25) is 9.69 Å². The molecule has 2 bridgehead atoms. The number of rotatable bonds is 8. The van der Waals surface area contributed by atoms with Crippen molar-refractivity contribution >= 4 is 16.6 Å². The van der Waals surface area contributed by atoms with E-state index in [1.807, 2.05) is 48.5 Å². The van der Waals surface area contributed by atoms with Crippen LogP contribution in [0, 0.1) is 11.6 Å². The Morgan fingerprint density at radius 3 is 2.05 bits per heavy atom. The van der Waals surface area contributed by atoms with E-state index in [0.29, 0.717) is 23.5 Å². The zero-order chi connectivity index (χ0) is 26.1. The second-order valence-electron chi connectivity index (χ2n) is 10.7. The molecule has 0 radical (unpaired) electrons. The van der Waals surface area contributed by atoms with Gasteiger partial charge in [0.25, 0.3) is 5.56 Å². The first-order chi connectivity index (χ1) is 18.5. The molecule has 0 aliphatic carbocycles. The van der Waals surface area contributed by atoms with Gasteiger partial charge in [0.05, 0.1) is 5.39 Å². The van der Waals surface area contributed by atoms with Crippen LogP contribution in [0.5, 0.6) is 0 Å². The topological polar surface area (TPSA) is 61.0 Å². The summed E-state index contributed by atoms with van der Waals surface area (Å²) in [6.45, 7) is 1.01. The van der Waals surface area contributed by atoms with Gasteiger partial charge >= 0.3 is 0 Å². The van der Waals surface area contributed by atoms with E-state index in [1.54, 1.807) is 0 Å². The van der Waals surface area contributed by atoms with Crippen LogP contribution in [0.2, 0.25) is 0 Å². The molecular formula is C31H32F2N4O. The first-order valence-corrected chi connectivity index (χ1v) is 13.6. The quantitative estimate of drug-likeness (QED) is 0.293. The summed E-state index contributed by atoms with van der Waals surface area (Å²) in [5.41, 5.74) is 1.95. The van der Waals surface area contributed by atoms with Crippen LogP contribution in [-0.2, 0) is 0 Å². The number of nitrogens with zero attached hydrogens (tertiary/aromatic N) is 2. The van der Waals surface area contributed by atoms with Crippen molar-refractivity contribution in [3.05, 3.63) is 106 Å². The van der Waals surface area contributed by atoms with Crippen LogP contribution in [0.25, 0.3) is 10.8 Å². The molecule has 4 aromatic rings. The highest BCUT2D eigenvalue weighted by atomic mass is 19.1. The van der Waals surface area contributed by atoms with E-state index in [9.17, 15) is 13.6 Å².